The molecule has 0 aromatic heterocycles. The fourth-order valence-electron chi connectivity index (χ4n) is 3.74. The Morgan fingerprint density at radius 1 is 1.17 bits per heavy atom. The Kier molecular flexibility index (Phi) is 10.1. The van der Waals surface area contributed by atoms with Crippen LogP contribution in [0.2, 0.25) is 0 Å². The van der Waals surface area contributed by atoms with Crippen LogP contribution in [0.1, 0.15) is 51.5 Å². The average Bonchev–Trinajstić information content (AvgIpc) is 2.75. The van der Waals surface area contributed by atoms with E-state index in [1.54, 1.807) is 6.92 Å². The van der Waals surface area contributed by atoms with E-state index in [1.165, 1.54) is 22.7 Å². The molecule has 164 valence electrons. The highest BCUT2D eigenvalue weighted by Gasteiger charge is 2.31. The van der Waals surface area contributed by atoms with Crippen LogP contribution in [0, 0.1) is 5.92 Å². The maximum atomic E-state index is 12.5. The van der Waals surface area contributed by atoms with Gasteiger partial charge in [-0.25, -0.2) is 12.7 Å². The van der Waals surface area contributed by atoms with E-state index in [-0.39, 0.29) is 17.6 Å². The number of piperidine rings is 1. The second-order valence-electron chi connectivity index (χ2n) is 7.86. The van der Waals surface area contributed by atoms with Crippen LogP contribution in [0.25, 0.3) is 0 Å². The standard InChI is InChI=1S/C22H37N3O3S/c1-3-5-15-24(18-20-11-7-6-8-12-20)16-10-14-23-22(26)21-13-9-17-25(19-21)29(27,28)4-2/h6-8,11-12,21H,3-5,9-10,13-19H2,1-2H3,(H,23,26)/t21-/m0/s1. The Labute approximate surface area is 176 Å². The Bertz CT molecular complexity index is 709. The third kappa shape index (κ3) is 8.07. The zero-order valence-electron chi connectivity index (χ0n) is 18.0. The molecule has 1 amide bonds. The predicted molar refractivity (Wildman–Crippen MR) is 118 cm³/mol. The molecule has 1 heterocycles. The van der Waals surface area contributed by atoms with Crippen molar-refractivity contribution in [3.8, 4) is 0 Å². The van der Waals surface area contributed by atoms with Gasteiger partial charge in [0, 0.05) is 32.7 Å². The van der Waals surface area contributed by atoms with Crippen molar-refractivity contribution in [3.05, 3.63) is 35.9 Å². The fourth-order valence-corrected chi connectivity index (χ4v) is 4.92. The average molecular weight is 424 g/mol. The monoisotopic (exact) mass is 423 g/mol. The van der Waals surface area contributed by atoms with Crippen molar-refractivity contribution in [1.82, 2.24) is 14.5 Å². The van der Waals surface area contributed by atoms with Crippen LogP contribution in [0.5, 0.6) is 0 Å². The van der Waals surface area contributed by atoms with E-state index >= 15 is 0 Å². The van der Waals surface area contributed by atoms with Gasteiger partial charge in [-0.3, -0.25) is 9.69 Å². The number of nitrogens with zero attached hydrogens (tertiary/aromatic N) is 2. The molecule has 1 aliphatic rings. The van der Waals surface area contributed by atoms with Crippen molar-refractivity contribution < 1.29 is 13.2 Å². The van der Waals surface area contributed by atoms with Gasteiger partial charge in [0.1, 0.15) is 0 Å². The van der Waals surface area contributed by atoms with Gasteiger partial charge in [-0.2, -0.15) is 0 Å². The van der Waals surface area contributed by atoms with Crippen molar-refractivity contribution in [2.45, 2.75) is 52.5 Å². The minimum absolute atomic E-state index is 0.0100. The summed E-state index contributed by atoms with van der Waals surface area (Å²) in [6.07, 6.45) is 4.74. The predicted octanol–water partition coefficient (Wildman–Crippen LogP) is 2.86. The lowest BCUT2D eigenvalue weighted by Crippen LogP contribution is -2.46. The highest BCUT2D eigenvalue weighted by Crippen LogP contribution is 2.19. The fraction of sp³-hybridized carbons (Fsp3) is 0.682. The van der Waals surface area contributed by atoms with Gasteiger partial charge in [-0.1, -0.05) is 43.7 Å². The first kappa shape index (κ1) is 23.8. The second kappa shape index (κ2) is 12.3. The van der Waals surface area contributed by atoms with E-state index in [9.17, 15) is 13.2 Å². The summed E-state index contributed by atoms with van der Waals surface area (Å²) in [5.74, 6) is -0.147. The first-order valence-electron chi connectivity index (χ1n) is 11.0. The Morgan fingerprint density at radius 2 is 1.90 bits per heavy atom. The van der Waals surface area contributed by atoms with Crippen molar-refractivity contribution in [2.75, 3.05) is 38.5 Å². The summed E-state index contributed by atoms with van der Waals surface area (Å²) in [6.45, 7) is 8.27. The van der Waals surface area contributed by atoms with Gasteiger partial charge in [0.2, 0.25) is 15.9 Å². The summed E-state index contributed by atoms with van der Waals surface area (Å²) in [5.41, 5.74) is 1.31. The van der Waals surface area contributed by atoms with Crippen molar-refractivity contribution >= 4 is 15.9 Å². The molecule has 1 aromatic rings. The van der Waals surface area contributed by atoms with Crippen LogP contribution in [0.4, 0.5) is 0 Å². The number of hydrogen-bond donors (Lipinski definition) is 1. The van der Waals surface area contributed by atoms with Crippen molar-refractivity contribution in [1.29, 1.82) is 0 Å². The molecule has 29 heavy (non-hydrogen) atoms. The van der Waals surface area contributed by atoms with Gasteiger partial charge < -0.3 is 5.32 Å². The first-order chi connectivity index (χ1) is 14.0. The molecule has 1 N–H and O–H groups in total. The highest BCUT2D eigenvalue weighted by molar-refractivity contribution is 7.89. The van der Waals surface area contributed by atoms with Crippen molar-refractivity contribution in [3.63, 3.8) is 0 Å². The molecule has 0 spiro atoms. The Hall–Kier alpha value is -1.44. The molecule has 1 saturated heterocycles. The third-order valence-corrected chi connectivity index (χ3v) is 7.39. The maximum Gasteiger partial charge on any atom is 0.224 e. The summed E-state index contributed by atoms with van der Waals surface area (Å²) in [4.78, 5) is 15.0. The molecule has 1 fully saturated rings. The molecular formula is C22H37N3O3S. The molecule has 7 heteroatoms. The molecule has 0 aliphatic carbocycles. The van der Waals surface area contributed by atoms with E-state index in [1.807, 2.05) is 6.07 Å². The second-order valence-corrected chi connectivity index (χ2v) is 10.1. The van der Waals surface area contributed by atoms with E-state index in [0.717, 1.165) is 38.9 Å². The number of sulfonamides is 1. The molecule has 1 aromatic carbocycles. The van der Waals surface area contributed by atoms with Crippen LogP contribution >= 0.6 is 0 Å². The van der Waals surface area contributed by atoms with Crippen molar-refractivity contribution in [2.24, 2.45) is 5.92 Å². The topological polar surface area (TPSA) is 69.7 Å². The number of rotatable bonds is 12. The van der Waals surface area contributed by atoms with Gasteiger partial charge in [0.15, 0.2) is 0 Å². The van der Waals surface area contributed by atoms with Gasteiger partial charge in [-0.15, -0.1) is 0 Å². The van der Waals surface area contributed by atoms with Crippen LogP contribution in [-0.2, 0) is 21.4 Å². The lowest BCUT2D eigenvalue weighted by Gasteiger charge is -2.31. The number of carbonyl (C=O) groups excluding carboxylic acids is 1. The molecule has 1 atom stereocenters. The van der Waals surface area contributed by atoms with E-state index < -0.39 is 10.0 Å². The Morgan fingerprint density at radius 3 is 2.59 bits per heavy atom. The van der Waals surface area contributed by atoms with Crippen LogP contribution in [0.3, 0.4) is 0 Å². The van der Waals surface area contributed by atoms with Gasteiger partial charge in [0.05, 0.1) is 11.7 Å². The number of carbonyl (C=O) groups is 1. The van der Waals surface area contributed by atoms with Crippen LogP contribution < -0.4 is 5.32 Å². The maximum absolute atomic E-state index is 12.5. The molecule has 6 nitrogen and oxygen atoms in total. The lowest BCUT2D eigenvalue weighted by atomic mass is 9.99. The van der Waals surface area contributed by atoms with E-state index in [4.69, 9.17) is 0 Å². The largest absolute Gasteiger partial charge is 0.356 e. The normalized spacial score (nSPS) is 18.1. The molecule has 0 bridgehead atoms. The van der Waals surface area contributed by atoms with Gasteiger partial charge in [-0.05, 0) is 44.7 Å². The highest BCUT2D eigenvalue weighted by atomic mass is 32.2. The number of amides is 1. The quantitative estimate of drug-likeness (QED) is 0.525. The van der Waals surface area contributed by atoms with E-state index in [2.05, 4.69) is 41.4 Å². The van der Waals surface area contributed by atoms with Gasteiger partial charge in [0.25, 0.3) is 0 Å². The number of nitrogens with one attached hydrogen (secondary N) is 1. The SMILES string of the molecule is CCCCN(CCCNC(=O)[C@H]1CCCN(S(=O)(=O)CC)C1)Cc1ccccc1. The summed E-state index contributed by atoms with van der Waals surface area (Å²) < 4.78 is 25.6. The number of unbranched alkanes of at least 4 members (excludes halogenated alkanes) is 1. The molecule has 1 aliphatic heterocycles. The minimum atomic E-state index is -3.22. The zero-order chi connectivity index (χ0) is 21.1. The molecule has 2 rings (SSSR count). The summed E-state index contributed by atoms with van der Waals surface area (Å²) in [7, 11) is -3.22. The zero-order valence-corrected chi connectivity index (χ0v) is 18.8. The smallest absolute Gasteiger partial charge is 0.224 e. The number of benzene rings is 1. The third-order valence-electron chi connectivity index (χ3n) is 5.54. The molecular weight excluding hydrogens is 386 g/mol. The summed E-state index contributed by atoms with van der Waals surface area (Å²) in [5, 5.41) is 3.03. The molecule has 0 saturated carbocycles. The van der Waals surface area contributed by atoms with Crippen LogP contribution in [-0.4, -0.2) is 62.0 Å². The van der Waals surface area contributed by atoms with Crippen LogP contribution in [0.15, 0.2) is 30.3 Å². The summed E-state index contributed by atoms with van der Waals surface area (Å²) >= 11 is 0. The molecule has 0 unspecified atom stereocenters. The first-order valence-corrected chi connectivity index (χ1v) is 12.6. The van der Waals surface area contributed by atoms with Gasteiger partial charge >= 0.3 is 0 Å². The minimum Gasteiger partial charge on any atom is -0.356 e. The lowest BCUT2D eigenvalue weighted by molar-refractivity contribution is -0.126. The molecule has 0 radical (unpaired) electrons. The number of hydrogen-bond acceptors (Lipinski definition) is 4. The van der Waals surface area contributed by atoms with E-state index in [0.29, 0.717) is 19.6 Å². The summed E-state index contributed by atoms with van der Waals surface area (Å²) in [6, 6.07) is 10.5. The Balaban J connectivity index is 1.76.